The number of hydrogen-bond donors (Lipinski definition) is 2. The molecule has 0 aromatic carbocycles. The highest BCUT2D eigenvalue weighted by molar-refractivity contribution is 5.81. The number of hydrogen-bond acceptors (Lipinski definition) is 3. The Labute approximate surface area is 126 Å². The van der Waals surface area contributed by atoms with Crippen molar-refractivity contribution < 1.29 is 14.3 Å². The lowest BCUT2D eigenvalue weighted by Gasteiger charge is -2.34. The summed E-state index contributed by atoms with van der Waals surface area (Å²) in [7, 11) is 0. The number of carbonyl (C=O) groups excluding carboxylic acids is 2. The quantitative estimate of drug-likeness (QED) is 0.806. The molecule has 2 aliphatic rings. The van der Waals surface area contributed by atoms with Crippen molar-refractivity contribution >= 4 is 11.9 Å². The summed E-state index contributed by atoms with van der Waals surface area (Å²) >= 11 is 0. The van der Waals surface area contributed by atoms with E-state index in [2.05, 4.69) is 10.6 Å². The molecule has 2 fully saturated rings. The van der Waals surface area contributed by atoms with E-state index in [9.17, 15) is 9.59 Å². The molecule has 21 heavy (non-hydrogen) atoms. The first-order chi connectivity index (χ1) is 9.85. The molecule has 3 amide bonds. The summed E-state index contributed by atoms with van der Waals surface area (Å²) in [6.45, 7) is 7.94. The van der Waals surface area contributed by atoms with Gasteiger partial charge in [0.1, 0.15) is 6.10 Å². The van der Waals surface area contributed by atoms with Crippen LogP contribution in [0, 0.1) is 0 Å². The monoisotopic (exact) mass is 297 g/mol. The van der Waals surface area contributed by atoms with E-state index in [1.165, 1.54) is 0 Å². The number of carbonyl (C=O) groups is 2. The second-order valence-corrected chi connectivity index (χ2v) is 6.95. The molecular weight excluding hydrogens is 270 g/mol. The molecule has 6 nitrogen and oxygen atoms in total. The van der Waals surface area contributed by atoms with Crippen molar-refractivity contribution in [2.45, 2.75) is 64.1 Å². The van der Waals surface area contributed by atoms with Crippen molar-refractivity contribution in [2.75, 3.05) is 19.7 Å². The highest BCUT2D eigenvalue weighted by Crippen LogP contribution is 2.18. The molecule has 0 aromatic rings. The average Bonchev–Trinajstić information content (AvgIpc) is 2.90. The van der Waals surface area contributed by atoms with Gasteiger partial charge in [0.05, 0.1) is 0 Å². The molecular formula is C15H27N3O3. The summed E-state index contributed by atoms with van der Waals surface area (Å²) in [6.07, 6.45) is 3.18. The zero-order chi connectivity index (χ0) is 15.5. The first kappa shape index (κ1) is 16.1. The molecule has 0 bridgehead atoms. The fourth-order valence-electron chi connectivity index (χ4n) is 2.78. The first-order valence-corrected chi connectivity index (χ1v) is 7.84. The number of ether oxygens (including phenoxy) is 1. The first-order valence-electron chi connectivity index (χ1n) is 7.84. The van der Waals surface area contributed by atoms with Crippen molar-refractivity contribution in [3.63, 3.8) is 0 Å². The zero-order valence-electron chi connectivity index (χ0n) is 13.3. The van der Waals surface area contributed by atoms with Gasteiger partial charge in [0.2, 0.25) is 0 Å². The standard InChI is InChI=1S/C15H27N3O3/c1-15(2,3)17-14(20)16-11-6-8-18(9-7-11)13(19)12-5-4-10-21-12/h11-12H,4-10H2,1-3H3,(H2,16,17,20). The van der Waals surface area contributed by atoms with E-state index >= 15 is 0 Å². The van der Waals surface area contributed by atoms with Gasteiger partial charge in [0, 0.05) is 31.3 Å². The Balaban J connectivity index is 1.73. The zero-order valence-corrected chi connectivity index (χ0v) is 13.3. The highest BCUT2D eigenvalue weighted by atomic mass is 16.5. The van der Waals surface area contributed by atoms with Gasteiger partial charge in [-0.3, -0.25) is 4.79 Å². The van der Waals surface area contributed by atoms with Gasteiger partial charge in [-0.05, 0) is 46.5 Å². The molecule has 2 rings (SSSR count). The van der Waals surface area contributed by atoms with Crippen LogP contribution in [0.1, 0.15) is 46.5 Å². The molecule has 6 heteroatoms. The maximum Gasteiger partial charge on any atom is 0.315 e. The summed E-state index contributed by atoms with van der Waals surface area (Å²) in [5.41, 5.74) is -0.236. The number of likely N-dealkylation sites (tertiary alicyclic amines) is 1. The van der Waals surface area contributed by atoms with Gasteiger partial charge in [0.15, 0.2) is 0 Å². The summed E-state index contributed by atoms with van der Waals surface area (Å²) in [5.74, 6) is 0.116. The molecule has 2 saturated heterocycles. The lowest BCUT2D eigenvalue weighted by atomic mass is 10.0. The summed E-state index contributed by atoms with van der Waals surface area (Å²) in [6, 6.07) is 0.00676. The Morgan fingerprint density at radius 2 is 1.81 bits per heavy atom. The molecule has 1 atom stereocenters. The predicted octanol–water partition coefficient (Wildman–Crippen LogP) is 1.25. The average molecular weight is 297 g/mol. The predicted molar refractivity (Wildman–Crippen MR) is 80.0 cm³/mol. The number of amides is 3. The van der Waals surface area contributed by atoms with E-state index in [0.717, 1.165) is 25.7 Å². The maximum absolute atomic E-state index is 12.2. The minimum atomic E-state index is -0.237. The molecule has 0 spiro atoms. The molecule has 2 aliphatic heterocycles. The Hall–Kier alpha value is -1.30. The second-order valence-electron chi connectivity index (χ2n) is 6.95. The van der Waals surface area contributed by atoms with Gasteiger partial charge in [-0.25, -0.2) is 4.79 Å². The van der Waals surface area contributed by atoms with Gasteiger partial charge in [-0.2, -0.15) is 0 Å². The third-order valence-electron chi connectivity index (χ3n) is 3.84. The van der Waals surface area contributed by atoms with Crippen molar-refractivity contribution in [1.29, 1.82) is 0 Å². The second kappa shape index (κ2) is 6.64. The van der Waals surface area contributed by atoms with E-state index in [4.69, 9.17) is 4.74 Å². The molecule has 1 unspecified atom stereocenters. The normalized spacial score (nSPS) is 24.0. The van der Waals surface area contributed by atoms with Gasteiger partial charge < -0.3 is 20.3 Å². The number of piperidine rings is 1. The molecule has 0 aliphatic carbocycles. The Kier molecular flexibility index (Phi) is 5.08. The smallest absolute Gasteiger partial charge is 0.315 e. The molecule has 2 heterocycles. The SMILES string of the molecule is CC(C)(C)NC(=O)NC1CCN(C(=O)C2CCCO2)CC1. The fourth-order valence-corrected chi connectivity index (χ4v) is 2.78. The van der Waals surface area contributed by atoms with Crippen LogP contribution in [0.25, 0.3) is 0 Å². The van der Waals surface area contributed by atoms with Crippen LogP contribution in [-0.4, -0.2) is 54.2 Å². The summed E-state index contributed by atoms with van der Waals surface area (Å²) < 4.78 is 5.44. The van der Waals surface area contributed by atoms with E-state index < -0.39 is 0 Å². The largest absolute Gasteiger partial charge is 0.368 e. The minimum absolute atomic E-state index is 0.116. The Morgan fingerprint density at radius 3 is 2.33 bits per heavy atom. The van der Waals surface area contributed by atoms with Crippen LogP contribution in [0.4, 0.5) is 4.79 Å². The van der Waals surface area contributed by atoms with Crippen LogP contribution in [0.2, 0.25) is 0 Å². The summed E-state index contributed by atoms with van der Waals surface area (Å²) in [5, 5.41) is 5.88. The number of rotatable bonds is 2. The van der Waals surface area contributed by atoms with Crippen LogP contribution in [0.5, 0.6) is 0 Å². The lowest BCUT2D eigenvalue weighted by Crippen LogP contribution is -2.53. The van der Waals surface area contributed by atoms with Gasteiger partial charge in [-0.15, -0.1) is 0 Å². The van der Waals surface area contributed by atoms with E-state index in [0.29, 0.717) is 19.7 Å². The van der Waals surface area contributed by atoms with Gasteiger partial charge in [-0.1, -0.05) is 0 Å². The van der Waals surface area contributed by atoms with Crippen LogP contribution < -0.4 is 10.6 Å². The fraction of sp³-hybridized carbons (Fsp3) is 0.867. The highest BCUT2D eigenvalue weighted by Gasteiger charge is 2.31. The molecule has 0 radical (unpaired) electrons. The van der Waals surface area contributed by atoms with E-state index in [1.54, 1.807) is 0 Å². The lowest BCUT2D eigenvalue weighted by molar-refractivity contribution is -0.142. The van der Waals surface area contributed by atoms with Crippen molar-refractivity contribution in [2.24, 2.45) is 0 Å². The van der Waals surface area contributed by atoms with E-state index in [-0.39, 0.29) is 29.6 Å². The molecule has 0 aromatic heterocycles. The minimum Gasteiger partial charge on any atom is -0.368 e. The summed E-state index contributed by atoms with van der Waals surface area (Å²) in [4.78, 5) is 25.9. The maximum atomic E-state index is 12.2. The third-order valence-corrected chi connectivity index (χ3v) is 3.84. The topological polar surface area (TPSA) is 70.7 Å². The third kappa shape index (κ3) is 4.88. The van der Waals surface area contributed by atoms with Crippen LogP contribution in [-0.2, 0) is 9.53 Å². The Morgan fingerprint density at radius 1 is 1.14 bits per heavy atom. The number of nitrogens with zero attached hydrogens (tertiary/aromatic N) is 1. The van der Waals surface area contributed by atoms with E-state index in [1.807, 2.05) is 25.7 Å². The van der Waals surface area contributed by atoms with Crippen molar-refractivity contribution in [1.82, 2.24) is 15.5 Å². The Bertz CT molecular complexity index is 378. The van der Waals surface area contributed by atoms with Gasteiger partial charge >= 0.3 is 6.03 Å². The molecule has 0 saturated carbocycles. The van der Waals surface area contributed by atoms with Crippen molar-refractivity contribution in [3.05, 3.63) is 0 Å². The van der Waals surface area contributed by atoms with Gasteiger partial charge in [0.25, 0.3) is 5.91 Å². The number of nitrogens with one attached hydrogen (secondary N) is 2. The number of urea groups is 1. The van der Waals surface area contributed by atoms with Crippen LogP contribution >= 0.6 is 0 Å². The molecule has 2 N–H and O–H groups in total. The van der Waals surface area contributed by atoms with Crippen LogP contribution in [0.15, 0.2) is 0 Å². The van der Waals surface area contributed by atoms with Crippen LogP contribution in [0.3, 0.4) is 0 Å². The molecule has 120 valence electrons. The van der Waals surface area contributed by atoms with Crippen molar-refractivity contribution in [3.8, 4) is 0 Å².